The molecule has 3 heterocycles. The lowest BCUT2D eigenvalue weighted by Gasteiger charge is -2.26. The second-order valence-electron chi connectivity index (χ2n) is 7.58. The Hall–Kier alpha value is -2.84. The second-order valence-corrected chi connectivity index (χ2v) is 7.58. The molecule has 1 fully saturated rings. The summed E-state index contributed by atoms with van der Waals surface area (Å²) in [6.45, 7) is 7.81. The molecule has 0 radical (unpaired) electrons. The van der Waals surface area contributed by atoms with Crippen molar-refractivity contribution in [2.75, 3.05) is 12.3 Å². The maximum absolute atomic E-state index is 12.4. The number of carboxylic acid groups (broad SMARTS) is 1. The highest BCUT2D eigenvalue weighted by molar-refractivity contribution is 6.06. The average Bonchev–Trinajstić information content (AvgIpc) is 3.07. The predicted octanol–water partition coefficient (Wildman–Crippen LogP) is 2.28. The Balaban J connectivity index is 1.95. The van der Waals surface area contributed by atoms with Gasteiger partial charge in [-0.15, -0.1) is 0 Å². The lowest BCUT2D eigenvalue weighted by atomic mass is 10.2. The number of hydrogen-bond donors (Lipinski definition) is 2. The molecule has 26 heavy (non-hydrogen) atoms. The van der Waals surface area contributed by atoms with Gasteiger partial charge in [0.1, 0.15) is 23.4 Å². The van der Waals surface area contributed by atoms with Gasteiger partial charge in [0.25, 0.3) is 0 Å². The first-order chi connectivity index (χ1) is 12.1. The minimum absolute atomic E-state index is 0.0419. The van der Waals surface area contributed by atoms with Crippen molar-refractivity contribution >= 4 is 28.9 Å². The molecule has 9 heteroatoms. The van der Waals surface area contributed by atoms with Gasteiger partial charge in [0.2, 0.25) is 0 Å². The summed E-state index contributed by atoms with van der Waals surface area (Å²) < 4.78 is 7.24. The molecule has 1 saturated heterocycles. The van der Waals surface area contributed by atoms with Crippen LogP contribution in [-0.4, -0.2) is 54.8 Å². The summed E-state index contributed by atoms with van der Waals surface area (Å²) in [5.41, 5.74) is 5.80. The Kier molecular flexibility index (Phi) is 4.25. The minimum atomic E-state index is -1.09. The number of ether oxygens (including phenoxy) is 1. The van der Waals surface area contributed by atoms with Crippen LogP contribution in [0.1, 0.15) is 50.5 Å². The Morgan fingerprint density at radius 1 is 1.35 bits per heavy atom. The van der Waals surface area contributed by atoms with E-state index in [-0.39, 0.29) is 29.6 Å². The van der Waals surface area contributed by atoms with Crippen molar-refractivity contribution in [3.8, 4) is 0 Å². The van der Waals surface area contributed by atoms with Gasteiger partial charge in [-0.2, -0.15) is 0 Å². The highest BCUT2D eigenvalue weighted by Gasteiger charge is 2.37. The molecule has 2 aromatic heterocycles. The number of aromatic nitrogens is 3. The van der Waals surface area contributed by atoms with Crippen LogP contribution in [0.25, 0.3) is 11.0 Å². The van der Waals surface area contributed by atoms with Gasteiger partial charge in [0.15, 0.2) is 0 Å². The van der Waals surface area contributed by atoms with E-state index >= 15 is 0 Å². The monoisotopic (exact) mass is 361 g/mol. The van der Waals surface area contributed by atoms with Crippen molar-refractivity contribution in [3.05, 3.63) is 18.1 Å². The quantitative estimate of drug-likeness (QED) is 0.841. The number of fused-ring (bicyclic) bond motifs is 1. The molecule has 0 aliphatic carbocycles. The molecule has 0 bridgehead atoms. The summed E-state index contributed by atoms with van der Waals surface area (Å²) in [5, 5.41) is 9.80. The summed E-state index contributed by atoms with van der Waals surface area (Å²) in [4.78, 5) is 33.8. The third-order valence-corrected chi connectivity index (χ3v) is 4.44. The van der Waals surface area contributed by atoms with Crippen molar-refractivity contribution in [2.45, 2.75) is 51.8 Å². The lowest BCUT2D eigenvalue weighted by molar-refractivity contribution is 0.0234. The number of carboxylic acids is 1. The lowest BCUT2D eigenvalue weighted by Crippen LogP contribution is -2.38. The number of nitrogens with zero attached hydrogens (tertiary/aromatic N) is 4. The van der Waals surface area contributed by atoms with Gasteiger partial charge in [0, 0.05) is 18.8 Å². The Morgan fingerprint density at radius 2 is 2.04 bits per heavy atom. The molecule has 3 rings (SSSR count). The summed E-state index contributed by atoms with van der Waals surface area (Å²) in [5.74, 6) is -0.966. The van der Waals surface area contributed by atoms with Gasteiger partial charge in [-0.3, -0.25) is 0 Å². The standard InChI is InChI=1S/C17H23N5O4/c1-9-5-10(6-21(9)16(25)26-17(2,3)4)22-7-11(15(23)24)12-13(18)19-8-20-14(12)22/h7-10H,5-6H2,1-4H3,(H,23,24)(H2,18,19,20)/t9-,10+/m0/s1. The van der Waals surface area contributed by atoms with Crippen LogP contribution in [0.2, 0.25) is 0 Å². The Bertz CT molecular complexity index is 870. The third-order valence-electron chi connectivity index (χ3n) is 4.44. The number of likely N-dealkylation sites (tertiary alicyclic amines) is 1. The summed E-state index contributed by atoms with van der Waals surface area (Å²) >= 11 is 0. The fraction of sp³-hybridized carbons (Fsp3) is 0.529. The zero-order valence-electron chi connectivity index (χ0n) is 15.3. The number of amides is 1. The summed E-state index contributed by atoms with van der Waals surface area (Å²) in [6.07, 6.45) is 3.11. The van der Waals surface area contributed by atoms with Crippen molar-refractivity contribution in [3.63, 3.8) is 0 Å². The molecule has 0 aromatic carbocycles. The molecule has 3 N–H and O–H groups in total. The van der Waals surface area contributed by atoms with E-state index in [1.165, 1.54) is 12.5 Å². The molecule has 140 valence electrons. The van der Waals surface area contributed by atoms with E-state index in [0.717, 1.165) is 0 Å². The molecule has 2 atom stereocenters. The van der Waals surface area contributed by atoms with E-state index in [0.29, 0.717) is 24.0 Å². The van der Waals surface area contributed by atoms with Gasteiger partial charge in [0.05, 0.1) is 17.0 Å². The average molecular weight is 361 g/mol. The number of carbonyl (C=O) groups excluding carboxylic acids is 1. The predicted molar refractivity (Wildman–Crippen MR) is 95.0 cm³/mol. The molecule has 2 aromatic rings. The van der Waals surface area contributed by atoms with Gasteiger partial charge in [-0.25, -0.2) is 19.6 Å². The van der Waals surface area contributed by atoms with Crippen LogP contribution in [-0.2, 0) is 4.74 Å². The van der Waals surface area contributed by atoms with Crippen LogP contribution >= 0.6 is 0 Å². The largest absolute Gasteiger partial charge is 0.478 e. The molecular formula is C17H23N5O4. The highest BCUT2D eigenvalue weighted by atomic mass is 16.6. The number of nitrogens with two attached hydrogens (primary N) is 1. The first-order valence-corrected chi connectivity index (χ1v) is 8.42. The topological polar surface area (TPSA) is 124 Å². The third kappa shape index (κ3) is 3.16. The van der Waals surface area contributed by atoms with E-state index in [2.05, 4.69) is 9.97 Å². The van der Waals surface area contributed by atoms with Crippen LogP contribution in [0.4, 0.5) is 10.6 Å². The van der Waals surface area contributed by atoms with Crippen molar-refractivity contribution in [1.82, 2.24) is 19.4 Å². The van der Waals surface area contributed by atoms with Crippen molar-refractivity contribution in [2.24, 2.45) is 0 Å². The number of anilines is 1. The van der Waals surface area contributed by atoms with Crippen LogP contribution in [0.3, 0.4) is 0 Å². The van der Waals surface area contributed by atoms with E-state index in [4.69, 9.17) is 10.5 Å². The molecule has 1 aliphatic rings. The number of rotatable bonds is 2. The first kappa shape index (κ1) is 18.0. The van der Waals surface area contributed by atoms with Crippen molar-refractivity contribution in [1.29, 1.82) is 0 Å². The smallest absolute Gasteiger partial charge is 0.410 e. The Labute approximate surface area is 150 Å². The van der Waals surface area contributed by atoms with Crippen LogP contribution in [0.5, 0.6) is 0 Å². The van der Waals surface area contributed by atoms with Crippen LogP contribution < -0.4 is 5.73 Å². The molecule has 9 nitrogen and oxygen atoms in total. The molecule has 0 spiro atoms. The van der Waals surface area contributed by atoms with Crippen LogP contribution in [0, 0.1) is 0 Å². The highest BCUT2D eigenvalue weighted by Crippen LogP contribution is 2.33. The van der Waals surface area contributed by atoms with E-state index < -0.39 is 11.6 Å². The Morgan fingerprint density at radius 3 is 2.65 bits per heavy atom. The van der Waals surface area contributed by atoms with Crippen molar-refractivity contribution < 1.29 is 19.4 Å². The van der Waals surface area contributed by atoms with Gasteiger partial charge >= 0.3 is 12.1 Å². The maximum atomic E-state index is 12.4. The van der Waals surface area contributed by atoms with Crippen LogP contribution in [0.15, 0.2) is 12.5 Å². The minimum Gasteiger partial charge on any atom is -0.478 e. The first-order valence-electron chi connectivity index (χ1n) is 8.42. The zero-order chi connectivity index (χ0) is 19.2. The number of hydrogen-bond acceptors (Lipinski definition) is 6. The SMILES string of the molecule is C[C@H]1C[C@@H](n2cc(C(=O)O)c3c(N)ncnc32)CN1C(=O)OC(C)(C)C. The fourth-order valence-electron chi connectivity index (χ4n) is 3.33. The molecule has 0 unspecified atom stereocenters. The van der Waals surface area contributed by atoms with E-state index in [9.17, 15) is 14.7 Å². The van der Waals surface area contributed by atoms with Gasteiger partial charge in [-0.05, 0) is 34.1 Å². The van der Waals surface area contributed by atoms with Gasteiger partial charge < -0.3 is 25.0 Å². The van der Waals surface area contributed by atoms with Gasteiger partial charge in [-0.1, -0.05) is 0 Å². The summed E-state index contributed by atoms with van der Waals surface area (Å²) in [7, 11) is 0. The molecule has 1 aliphatic heterocycles. The number of aromatic carboxylic acids is 1. The number of nitrogen functional groups attached to an aromatic ring is 1. The maximum Gasteiger partial charge on any atom is 0.410 e. The second kappa shape index (κ2) is 6.15. The molecule has 1 amide bonds. The number of carbonyl (C=O) groups is 2. The van der Waals surface area contributed by atoms with E-state index in [1.54, 1.807) is 9.47 Å². The fourth-order valence-corrected chi connectivity index (χ4v) is 3.33. The normalized spacial score (nSPS) is 20.5. The zero-order valence-corrected chi connectivity index (χ0v) is 15.3. The summed E-state index contributed by atoms with van der Waals surface area (Å²) in [6, 6.07) is -0.165. The van der Waals surface area contributed by atoms with E-state index in [1.807, 2.05) is 27.7 Å². The molecule has 0 saturated carbocycles. The molecular weight excluding hydrogens is 338 g/mol.